The summed E-state index contributed by atoms with van der Waals surface area (Å²) in [7, 11) is 3.14. The van der Waals surface area contributed by atoms with Gasteiger partial charge in [0.1, 0.15) is 37.6 Å². The molecule has 1 aliphatic carbocycles. The lowest BCUT2D eigenvalue weighted by molar-refractivity contribution is -0.116. The van der Waals surface area contributed by atoms with Crippen molar-refractivity contribution in [2.45, 2.75) is 123 Å². The number of anilines is 15. The predicted octanol–water partition coefficient (Wildman–Crippen LogP) is 18.8. The van der Waals surface area contributed by atoms with Gasteiger partial charge in [0, 0.05) is 114 Å². The van der Waals surface area contributed by atoms with Crippen LogP contribution in [-0.2, 0) is 30.9 Å². The maximum atomic E-state index is 13.6. The molecule has 5 aliphatic rings. The highest BCUT2D eigenvalue weighted by Crippen LogP contribution is 2.43. The van der Waals surface area contributed by atoms with Crippen molar-refractivity contribution in [3.8, 4) is 11.8 Å². The molecule has 17 rings (SSSR count). The van der Waals surface area contributed by atoms with Gasteiger partial charge in [0.15, 0.2) is 17.5 Å². The van der Waals surface area contributed by atoms with Crippen molar-refractivity contribution in [3.63, 3.8) is 0 Å². The van der Waals surface area contributed by atoms with Crippen LogP contribution in [-0.4, -0.2) is 167 Å². The molecule has 8 amide bonds. The maximum absolute atomic E-state index is 13.6. The zero-order valence-corrected chi connectivity index (χ0v) is 70.2. The van der Waals surface area contributed by atoms with Crippen LogP contribution in [0.4, 0.5) is 168 Å². The molecular formula is C86H80F14N24O7. The average Bonchev–Trinajstić information content (AvgIpc) is 1.28. The Morgan fingerprint density at radius 1 is 0.374 bits per heavy atom. The van der Waals surface area contributed by atoms with E-state index in [0.29, 0.717) is 68.0 Å². The number of benzene rings is 4. The third-order valence-electron chi connectivity index (χ3n) is 20.8. The molecule has 0 atom stereocenters. The molecule has 8 aromatic heterocycles. The van der Waals surface area contributed by atoms with E-state index in [1.54, 1.807) is 81.2 Å². The van der Waals surface area contributed by atoms with Gasteiger partial charge in [-0.1, -0.05) is 70.8 Å². The number of carbonyl (C=O) groups excluding carboxylic acids is 4. The Labute approximate surface area is 737 Å². The van der Waals surface area contributed by atoms with Gasteiger partial charge < -0.3 is 39.9 Å². The fourth-order valence-electron chi connectivity index (χ4n) is 14.3. The summed E-state index contributed by atoms with van der Waals surface area (Å²) in [5.41, 5.74) is 10.8. The van der Waals surface area contributed by atoms with Crippen LogP contribution in [0.5, 0.6) is 11.8 Å². The monoisotopic (exact) mass is 1830 g/mol. The number of nitrogens with one attached hydrogen (secondary N) is 4. The van der Waals surface area contributed by atoms with Crippen molar-refractivity contribution >= 4 is 117 Å². The number of carbonyl (C=O) groups is 4. The van der Waals surface area contributed by atoms with Gasteiger partial charge in [-0.25, -0.2) is 68.8 Å². The molecule has 12 heterocycles. The van der Waals surface area contributed by atoms with Gasteiger partial charge >= 0.3 is 55.4 Å². The van der Waals surface area contributed by atoms with E-state index in [4.69, 9.17) is 9.47 Å². The molecule has 0 bridgehead atoms. The summed E-state index contributed by atoms with van der Waals surface area (Å²) in [4.78, 5) is 111. The van der Waals surface area contributed by atoms with Crippen molar-refractivity contribution < 1.29 is 94.9 Å². The van der Waals surface area contributed by atoms with Crippen LogP contribution in [0.25, 0.3) is 5.65 Å². The number of hydrogen-bond donors (Lipinski definition) is 4. The van der Waals surface area contributed by atoms with Gasteiger partial charge in [-0.2, -0.15) is 81.4 Å². The largest absolute Gasteiger partial charge is 0.481 e. The van der Waals surface area contributed by atoms with Crippen LogP contribution in [0.3, 0.4) is 0 Å². The number of rotatable bonds is 20. The van der Waals surface area contributed by atoms with E-state index in [-0.39, 0.29) is 103 Å². The number of aryl methyl sites for hydroxylation is 4. The minimum Gasteiger partial charge on any atom is -0.481 e. The molecule has 131 heavy (non-hydrogen) atoms. The van der Waals surface area contributed by atoms with Crippen LogP contribution in [0.15, 0.2) is 189 Å². The molecule has 0 saturated heterocycles. The van der Waals surface area contributed by atoms with Crippen molar-refractivity contribution in [2.24, 2.45) is 0 Å². The Morgan fingerprint density at radius 3 is 1.02 bits per heavy atom. The lowest BCUT2D eigenvalue weighted by Crippen LogP contribution is -2.53. The molecule has 45 heteroatoms. The van der Waals surface area contributed by atoms with Gasteiger partial charge in [0.05, 0.1) is 68.8 Å². The van der Waals surface area contributed by atoms with E-state index in [1.165, 1.54) is 63.8 Å². The second-order valence-corrected chi connectivity index (χ2v) is 30.3. The third-order valence-corrected chi connectivity index (χ3v) is 20.8. The Bertz CT molecular complexity index is 6040. The molecular weight excluding hydrogens is 1750 g/mol. The molecule has 0 spiro atoms. The molecule has 4 aliphatic heterocycles. The van der Waals surface area contributed by atoms with Gasteiger partial charge in [-0.3, -0.25) is 24.5 Å². The number of methoxy groups -OCH3 is 2. The normalized spacial score (nSPS) is 15.7. The number of urea groups is 4. The van der Waals surface area contributed by atoms with Crippen molar-refractivity contribution in [3.05, 3.63) is 234 Å². The first-order valence-electron chi connectivity index (χ1n) is 40.1. The van der Waals surface area contributed by atoms with Crippen molar-refractivity contribution in [1.82, 2.24) is 59.2 Å². The van der Waals surface area contributed by atoms with Crippen LogP contribution in [0.2, 0.25) is 0 Å². The summed E-state index contributed by atoms with van der Waals surface area (Å²) in [5.74, 6) is -0.112. The molecule has 1 fully saturated rings. The number of alkyl halides is 14. The SMILES string of the molecule is COC1CCC(N2C(=O)N(c3ccc(C)cc3)Cc3cnc(NCC(F)(F)F)nc32)CC1.COc1ccc(N2C(=O)N(c3ccc(C)cc3)Cc3cnc(NCC(F)(F)F)nc32)cn1.Cc1ccc(N2Cc3cnc(NCC(F)(F)F)nc3N(c3ccc(OC(F)F)nc3)C2=O)cc1.Cc1ccc(N2Cc3cnc(NCC(F)(F)F)nc3N(c3ccc4nccn4c3)C2=O)cc1. The van der Waals surface area contributed by atoms with Crippen LogP contribution in [0.1, 0.15) is 70.2 Å². The summed E-state index contributed by atoms with van der Waals surface area (Å²) < 4.78 is 193. The Kier molecular flexibility index (Phi) is 27.4. The second-order valence-electron chi connectivity index (χ2n) is 30.3. The van der Waals surface area contributed by atoms with E-state index >= 15 is 0 Å². The number of nitrogens with zero attached hydrogens (tertiary/aromatic N) is 20. The zero-order chi connectivity index (χ0) is 93.4. The van der Waals surface area contributed by atoms with Gasteiger partial charge in [-0.15, -0.1) is 0 Å². The first-order chi connectivity index (χ1) is 62.4. The van der Waals surface area contributed by atoms with E-state index < -0.39 is 69.6 Å². The van der Waals surface area contributed by atoms with Gasteiger partial charge in [0.25, 0.3) is 0 Å². The van der Waals surface area contributed by atoms with E-state index in [0.717, 1.165) is 70.8 Å². The predicted molar refractivity (Wildman–Crippen MR) is 456 cm³/mol. The zero-order valence-electron chi connectivity index (χ0n) is 70.2. The maximum Gasteiger partial charge on any atom is 0.405 e. The highest BCUT2D eigenvalue weighted by Gasteiger charge is 2.43. The molecule has 1 saturated carbocycles. The first-order valence-corrected chi connectivity index (χ1v) is 40.1. The minimum atomic E-state index is -4.50. The van der Waals surface area contributed by atoms with E-state index in [9.17, 15) is 80.6 Å². The lowest BCUT2D eigenvalue weighted by Gasteiger charge is -2.42. The van der Waals surface area contributed by atoms with E-state index in [1.807, 2.05) is 113 Å². The molecule has 684 valence electrons. The smallest absolute Gasteiger partial charge is 0.405 e. The Hall–Kier alpha value is -15.0. The Morgan fingerprint density at radius 2 is 0.695 bits per heavy atom. The fourth-order valence-corrected chi connectivity index (χ4v) is 14.3. The van der Waals surface area contributed by atoms with Crippen molar-refractivity contribution in [2.75, 3.05) is 101 Å². The molecule has 4 aromatic carbocycles. The highest BCUT2D eigenvalue weighted by molar-refractivity contribution is 6.12. The third kappa shape index (κ3) is 22.8. The summed E-state index contributed by atoms with van der Waals surface area (Å²) >= 11 is 0. The summed E-state index contributed by atoms with van der Waals surface area (Å²) in [6.07, 6.45) is -1.23. The number of fused-ring (bicyclic) bond motifs is 5. The number of ether oxygens (including phenoxy) is 3. The van der Waals surface area contributed by atoms with Crippen LogP contribution >= 0.6 is 0 Å². The summed E-state index contributed by atoms with van der Waals surface area (Å²) in [6.45, 7) is 0.152. The summed E-state index contributed by atoms with van der Waals surface area (Å²) in [6, 6.07) is 37.1. The van der Waals surface area contributed by atoms with Crippen molar-refractivity contribution in [1.29, 1.82) is 0 Å². The molecule has 12 aromatic rings. The minimum absolute atomic E-state index is 0.0392. The van der Waals surface area contributed by atoms with Crippen LogP contribution in [0, 0.1) is 27.7 Å². The Balaban J connectivity index is 0.000000141. The van der Waals surface area contributed by atoms with Crippen LogP contribution < -0.4 is 69.9 Å². The number of imidazole rings is 1. The number of aromatic nitrogens is 12. The quantitative estimate of drug-likeness (QED) is 0.0515. The van der Waals surface area contributed by atoms with Gasteiger partial charge in [0.2, 0.25) is 35.6 Å². The topological polar surface area (TPSA) is 316 Å². The standard InChI is InChI=1S/C22H18F3N7O.C22H26F3N5O2.C21H17F5N6O2.C21H19F3N6O2/c1-14-2-4-16(5-3-14)31-11-15-10-27-20(28-13-22(23,24)25)29-19(15)32(21(31)33)17-6-7-18-26-8-9-30(18)12-17;1-14-3-5-16(6-4-14)29-12-15-11-26-20(27-13-22(23,24)25)28-19(15)30(21(29)31)17-7-9-18(32-2)10-8-17;1-12-2-4-14(5-3-12)31-10-13-8-28-19(29-11-21(24,25)26)30-17(13)32(20(31)33)15-6-7-16(27-9-15)34-18(22)23;1-13-3-5-15(6-4-13)29-11-14-9-26-19(27-12-21(22,23)24)28-18(14)30(20(29)31)16-7-8-17(32-2)25-10-16/h2-10,12H,11,13H2,1H3,(H,27,28,29);3-6,11,17-18H,7-10,12-13H2,1-2H3,(H,26,27,28);2-9,18H,10-11H2,1H3,(H,28,29,30);3-10H,11-12H2,1-2H3,(H,26,27,28). The number of amides is 8. The fraction of sp³-hybridized carbons (Fsp3) is 0.291. The molecule has 0 unspecified atom stereocenters. The second kappa shape index (κ2) is 38.9. The highest BCUT2D eigenvalue weighted by atomic mass is 19.4. The molecule has 31 nitrogen and oxygen atoms in total. The first kappa shape index (κ1) is 92.2. The van der Waals surface area contributed by atoms with E-state index in [2.05, 4.69) is 80.8 Å². The molecule has 4 N–H and O–H groups in total. The number of pyridine rings is 3. The van der Waals surface area contributed by atoms with Gasteiger partial charge in [-0.05, 0) is 126 Å². The number of halogens is 14. The number of hydrogen-bond acceptors (Lipinski definition) is 22. The lowest BCUT2D eigenvalue weighted by atomic mass is 9.91. The summed E-state index contributed by atoms with van der Waals surface area (Å²) in [5, 5.41) is 8.64. The molecule has 0 radical (unpaired) electrons. The average molecular weight is 1830 g/mol.